The molecule has 0 saturated carbocycles. The first-order valence-electron chi connectivity index (χ1n) is 7.60. The first-order chi connectivity index (χ1) is 10.2. The highest BCUT2D eigenvalue weighted by Crippen LogP contribution is 2.30. The van der Waals surface area contributed by atoms with Crippen LogP contribution in [0.4, 0.5) is 0 Å². The number of rotatable bonds is 9. The molecule has 0 amide bonds. The van der Waals surface area contributed by atoms with Crippen LogP contribution < -0.4 is 0 Å². The van der Waals surface area contributed by atoms with E-state index in [0.29, 0.717) is 6.42 Å². The minimum atomic E-state index is -0.930. The van der Waals surface area contributed by atoms with Gasteiger partial charge in [-0.25, -0.2) is 0 Å². The molecule has 0 aromatic carbocycles. The molecule has 7 heteroatoms. The number of nitrogens with zero attached hydrogens (tertiary/aromatic N) is 1. The standard InChI is InChI=1S/C15H29NO6/c1-15(2)21-11(9-14(18)19-5)12(22-15)10-20-13(17)7-6-8-16(3)4/h11-12,14,18H,6-10H2,1-5H3/t11-,12-,14?/m1/s1. The molecule has 0 aromatic heterocycles. The highest BCUT2D eigenvalue weighted by molar-refractivity contribution is 5.69. The van der Waals surface area contributed by atoms with Crippen LogP contribution in [0.25, 0.3) is 0 Å². The molecular weight excluding hydrogens is 290 g/mol. The molecule has 1 saturated heterocycles. The third-order valence-electron chi connectivity index (χ3n) is 3.39. The number of aliphatic hydroxyl groups excluding tert-OH is 1. The predicted molar refractivity (Wildman–Crippen MR) is 80.2 cm³/mol. The lowest BCUT2D eigenvalue weighted by molar-refractivity contribution is -0.163. The van der Waals surface area contributed by atoms with E-state index in [1.54, 1.807) is 13.8 Å². The Kier molecular flexibility index (Phi) is 7.71. The minimum absolute atomic E-state index is 0.116. The average molecular weight is 319 g/mol. The van der Waals surface area contributed by atoms with Gasteiger partial charge in [-0.2, -0.15) is 0 Å². The highest BCUT2D eigenvalue weighted by Gasteiger charge is 2.42. The molecule has 1 aliphatic heterocycles. The Morgan fingerprint density at radius 3 is 2.55 bits per heavy atom. The van der Waals surface area contributed by atoms with Crippen molar-refractivity contribution in [1.82, 2.24) is 4.90 Å². The lowest BCUT2D eigenvalue weighted by Crippen LogP contribution is -2.32. The molecule has 1 fully saturated rings. The van der Waals surface area contributed by atoms with Crippen LogP contribution >= 0.6 is 0 Å². The molecule has 1 aliphatic rings. The van der Waals surface area contributed by atoms with E-state index < -0.39 is 18.2 Å². The van der Waals surface area contributed by atoms with Crippen LogP contribution in [0.3, 0.4) is 0 Å². The monoisotopic (exact) mass is 319 g/mol. The zero-order valence-electron chi connectivity index (χ0n) is 14.2. The second kappa shape index (κ2) is 8.79. The molecular formula is C15H29NO6. The summed E-state index contributed by atoms with van der Waals surface area (Å²) in [5, 5.41) is 9.58. The summed E-state index contributed by atoms with van der Waals surface area (Å²) in [7, 11) is 5.34. The molecule has 22 heavy (non-hydrogen) atoms. The number of carbonyl (C=O) groups is 1. The Balaban J connectivity index is 2.39. The molecule has 1 unspecified atom stereocenters. The Labute approximate surface area is 132 Å². The van der Waals surface area contributed by atoms with Crippen LogP contribution in [0.2, 0.25) is 0 Å². The maximum absolute atomic E-state index is 11.7. The van der Waals surface area contributed by atoms with Crippen molar-refractivity contribution >= 4 is 5.97 Å². The fourth-order valence-electron chi connectivity index (χ4n) is 2.33. The van der Waals surface area contributed by atoms with Crippen molar-refractivity contribution in [3.8, 4) is 0 Å². The quantitative estimate of drug-likeness (QED) is 0.496. The van der Waals surface area contributed by atoms with Gasteiger partial charge in [0.15, 0.2) is 12.1 Å². The summed E-state index contributed by atoms with van der Waals surface area (Å²) in [6.07, 6.45) is -0.313. The second-order valence-corrected chi connectivity index (χ2v) is 6.23. The third-order valence-corrected chi connectivity index (χ3v) is 3.39. The first kappa shape index (κ1) is 19.3. The van der Waals surface area contributed by atoms with Gasteiger partial charge in [0, 0.05) is 20.0 Å². The largest absolute Gasteiger partial charge is 0.463 e. The Morgan fingerprint density at radius 2 is 1.95 bits per heavy atom. The summed E-state index contributed by atoms with van der Waals surface area (Å²) in [4.78, 5) is 13.7. The maximum Gasteiger partial charge on any atom is 0.305 e. The summed E-state index contributed by atoms with van der Waals surface area (Å²) in [5.74, 6) is -1.01. The number of methoxy groups -OCH3 is 1. The summed E-state index contributed by atoms with van der Waals surface area (Å²) in [6, 6.07) is 0. The van der Waals surface area contributed by atoms with E-state index in [9.17, 15) is 9.90 Å². The van der Waals surface area contributed by atoms with Gasteiger partial charge in [-0.05, 0) is 40.9 Å². The molecule has 7 nitrogen and oxygen atoms in total. The van der Waals surface area contributed by atoms with Crippen molar-refractivity contribution in [2.45, 2.75) is 57.4 Å². The maximum atomic E-state index is 11.7. The topological polar surface area (TPSA) is 77.5 Å². The van der Waals surface area contributed by atoms with Gasteiger partial charge >= 0.3 is 5.97 Å². The SMILES string of the molecule is COC(O)C[C@H]1OC(C)(C)O[C@@H]1COC(=O)CCCN(C)C. The van der Waals surface area contributed by atoms with E-state index in [-0.39, 0.29) is 25.1 Å². The van der Waals surface area contributed by atoms with Crippen molar-refractivity contribution in [3.63, 3.8) is 0 Å². The summed E-state index contributed by atoms with van der Waals surface area (Å²) >= 11 is 0. The van der Waals surface area contributed by atoms with Gasteiger partial charge in [0.1, 0.15) is 12.7 Å². The summed E-state index contributed by atoms with van der Waals surface area (Å²) in [5.41, 5.74) is 0. The number of aliphatic hydroxyl groups is 1. The number of hydrogen-bond donors (Lipinski definition) is 1. The second-order valence-electron chi connectivity index (χ2n) is 6.23. The lowest BCUT2D eigenvalue weighted by Gasteiger charge is -2.19. The summed E-state index contributed by atoms with van der Waals surface area (Å²) in [6.45, 7) is 4.54. The normalized spacial score (nSPS) is 25.4. The van der Waals surface area contributed by atoms with E-state index in [2.05, 4.69) is 0 Å². The van der Waals surface area contributed by atoms with Crippen molar-refractivity contribution < 1.29 is 28.8 Å². The first-order valence-corrected chi connectivity index (χ1v) is 7.60. The predicted octanol–water partition coefficient (Wildman–Crippen LogP) is 0.746. The van der Waals surface area contributed by atoms with Crippen LogP contribution in [0.5, 0.6) is 0 Å². The van der Waals surface area contributed by atoms with E-state index >= 15 is 0 Å². The van der Waals surface area contributed by atoms with E-state index in [1.807, 2.05) is 19.0 Å². The van der Waals surface area contributed by atoms with Crippen LogP contribution in [0, 0.1) is 0 Å². The van der Waals surface area contributed by atoms with Crippen molar-refractivity contribution in [2.24, 2.45) is 0 Å². The fraction of sp³-hybridized carbons (Fsp3) is 0.933. The average Bonchev–Trinajstić information content (AvgIpc) is 2.70. The van der Waals surface area contributed by atoms with Crippen LogP contribution in [-0.4, -0.2) is 74.6 Å². The molecule has 0 spiro atoms. The van der Waals surface area contributed by atoms with Gasteiger partial charge < -0.3 is 29.0 Å². The zero-order valence-corrected chi connectivity index (χ0v) is 14.2. The number of esters is 1. The molecule has 1 N–H and O–H groups in total. The minimum Gasteiger partial charge on any atom is -0.463 e. The molecule has 0 bridgehead atoms. The van der Waals surface area contributed by atoms with Crippen LogP contribution in [0.15, 0.2) is 0 Å². The van der Waals surface area contributed by atoms with Gasteiger partial charge in [0.05, 0.1) is 6.10 Å². The fourth-order valence-corrected chi connectivity index (χ4v) is 2.33. The lowest BCUT2D eigenvalue weighted by atomic mass is 10.1. The van der Waals surface area contributed by atoms with Crippen LogP contribution in [-0.2, 0) is 23.7 Å². The molecule has 1 heterocycles. The molecule has 130 valence electrons. The van der Waals surface area contributed by atoms with Gasteiger partial charge in [-0.1, -0.05) is 0 Å². The number of carbonyl (C=O) groups excluding carboxylic acids is 1. The Bertz CT molecular complexity index is 347. The number of hydrogen-bond acceptors (Lipinski definition) is 7. The van der Waals surface area contributed by atoms with Gasteiger partial charge in [0.25, 0.3) is 0 Å². The van der Waals surface area contributed by atoms with Gasteiger partial charge in [-0.3, -0.25) is 4.79 Å². The van der Waals surface area contributed by atoms with Gasteiger partial charge in [-0.15, -0.1) is 0 Å². The third kappa shape index (κ3) is 7.02. The molecule has 0 aromatic rings. The molecule has 0 radical (unpaired) electrons. The zero-order chi connectivity index (χ0) is 16.8. The Morgan fingerprint density at radius 1 is 1.32 bits per heavy atom. The number of ether oxygens (including phenoxy) is 4. The molecule has 0 aliphatic carbocycles. The highest BCUT2D eigenvalue weighted by atomic mass is 16.8. The van der Waals surface area contributed by atoms with Crippen LogP contribution in [0.1, 0.15) is 33.1 Å². The van der Waals surface area contributed by atoms with Crippen molar-refractivity contribution in [2.75, 3.05) is 34.4 Å². The summed E-state index contributed by atoms with van der Waals surface area (Å²) < 4.78 is 21.5. The van der Waals surface area contributed by atoms with E-state index in [1.165, 1.54) is 7.11 Å². The van der Waals surface area contributed by atoms with Gasteiger partial charge in [0.2, 0.25) is 0 Å². The smallest absolute Gasteiger partial charge is 0.305 e. The van der Waals surface area contributed by atoms with E-state index in [0.717, 1.165) is 13.0 Å². The van der Waals surface area contributed by atoms with Crippen molar-refractivity contribution in [1.29, 1.82) is 0 Å². The van der Waals surface area contributed by atoms with E-state index in [4.69, 9.17) is 18.9 Å². The molecule has 3 atom stereocenters. The molecule has 1 rings (SSSR count). The van der Waals surface area contributed by atoms with Crippen molar-refractivity contribution in [3.05, 3.63) is 0 Å². The Hall–Kier alpha value is -0.730.